The minimum absolute atomic E-state index is 0.197. The van der Waals surface area contributed by atoms with Gasteiger partial charge in [-0.3, -0.25) is 4.79 Å². The average molecular weight is 454 g/mol. The number of unbranched alkanes of at least 4 members (excludes halogenated alkanes) is 7. The first kappa shape index (κ1) is 29.1. The van der Waals surface area contributed by atoms with Gasteiger partial charge in [0.1, 0.15) is 11.6 Å². The van der Waals surface area contributed by atoms with Crippen LogP contribution in [-0.2, 0) is 4.79 Å². The van der Waals surface area contributed by atoms with Crippen LogP contribution in [0.3, 0.4) is 0 Å². The van der Waals surface area contributed by atoms with Crippen LogP contribution in [0.1, 0.15) is 85.0 Å². The van der Waals surface area contributed by atoms with Crippen LogP contribution in [0.25, 0.3) is 0 Å². The lowest BCUT2D eigenvalue weighted by Crippen LogP contribution is -2.42. The predicted molar refractivity (Wildman–Crippen MR) is 114 cm³/mol. The number of alkyl halides is 3. The van der Waals surface area contributed by atoms with Crippen LogP contribution in [-0.4, -0.2) is 23.8 Å². The molecule has 0 aliphatic rings. The van der Waals surface area contributed by atoms with E-state index in [2.05, 4.69) is 12.2 Å². The Labute approximate surface area is 182 Å². The summed E-state index contributed by atoms with van der Waals surface area (Å²) in [6, 6.07) is 3.54. The molecule has 0 heterocycles. The van der Waals surface area contributed by atoms with Gasteiger partial charge in [-0.1, -0.05) is 65.2 Å². The van der Waals surface area contributed by atoms with Gasteiger partial charge in [0.25, 0.3) is 0 Å². The van der Waals surface area contributed by atoms with E-state index in [1.165, 1.54) is 64.0 Å². The van der Waals surface area contributed by atoms with Crippen molar-refractivity contribution in [2.45, 2.75) is 91.2 Å². The second kappa shape index (κ2) is 15.0. The van der Waals surface area contributed by atoms with Gasteiger partial charge >= 0.3 is 12.1 Å². The largest absolute Gasteiger partial charge is 0.481 e. The van der Waals surface area contributed by atoms with Gasteiger partial charge < -0.3 is 10.4 Å². The van der Waals surface area contributed by atoms with Crippen molar-refractivity contribution >= 4 is 11.7 Å². The second-order valence-corrected chi connectivity index (χ2v) is 7.94. The lowest BCUT2D eigenvalue weighted by atomic mass is 9.85. The minimum Gasteiger partial charge on any atom is -0.481 e. The summed E-state index contributed by atoms with van der Waals surface area (Å²) >= 11 is 0. The number of hydrogen-bond donors (Lipinski definition) is 2. The topological polar surface area (TPSA) is 49.3 Å². The number of rotatable bonds is 13. The average Bonchev–Trinajstić information content (AvgIpc) is 2.65. The van der Waals surface area contributed by atoms with E-state index in [9.17, 15) is 26.7 Å². The Morgan fingerprint density at radius 3 is 1.74 bits per heavy atom. The molecule has 31 heavy (non-hydrogen) atoms. The molecule has 1 aromatic carbocycles. The van der Waals surface area contributed by atoms with Crippen molar-refractivity contribution in [2.75, 3.05) is 11.9 Å². The molecule has 1 unspecified atom stereocenters. The van der Waals surface area contributed by atoms with E-state index in [0.29, 0.717) is 12.6 Å². The number of anilines is 1. The Morgan fingerprint density at radius 1 is 0.871 bits per heavy atom. The van der Waals surface area contributed by atoms with Gasteiger partial charge in [0.05, 0.1) is 0 Å². The first-order valence-electron chi connectivity index (χ1n) is 11.0. The van der Waals surface area contributed by atoms with Crippen LogP contribution in [0.4, 0.5) is 27.6 Å². The molecule has 0 aliphatic carbocycles. The van der Waals surface area contributed by atoms with Crippen molar-refractivity contribution in [1.82, 2.24) is 0 Å². The molecule has 3 nitrogen and oxygen atoms in total. The van der Waals surface area contributed by atoms with Crippen molar-refractivity contribution in [3.8, 4) is 0 Å². The Balaban J connectivity index is 0.000000649. The monoisotopic (exact) mass is 453 g/mol. The lowest BCUT2D eigenvalue weighted by Gasteiger charge is -2.26. The summed E-state index contributed by atoms with van der Waals surface area (Å²) in [5.74, 6) is -2.87. The minimum atomic E-state index is -4.67. The van der Waals surface area contributed by atoms with Crippen molar-refractivity contribution in [1.29, 1.82) is 0 Å². The van der Waals surface area contributed by atoms with Crippen molar-refractivity contribution in [3.63, 3.8) is 0 Å². The highest BCUT2D eigenvalue weighted by molar-refractivity contribution is 5.75. The zero-order valence-corrected chi connectivity index (χ0v) is 18.8. The van der Waals surface area contributed by atoms with Gasteiger partial charge in [-0.05, 0) is 31.9 Å². The maximum Gasteiger partial charge on any atom is 0.404 e. The van der Waals surface area contributed by atoms with Crippen LogP contribution in [0.15, 0.2) is 18.2 Å². The Hall–Kier alpha value is -1.86. The highest BCUT2D eigenvalue weighted by atomic mass is 19.4. The van der Waals surface area contributed by atoms with E-state index in [0.717, 1.165) is 19.0 Å². The lowest BCUT2D eigenvalue weighted by molar-refractivity contribution is -0.228. The van der Waals surface area contributed by atoms with Crippen molar-refractivity contribution in [3.05, 3.63) is 29.8 Å². The van der Waals surface area contributed by atoms with Gasteiger partial charge in [-0.25, -0.2) is 8.78 Å². The molecule has 0 fully saturated rings. The molecular formula is C23H36F5NO2. The normalized spacial score (nSPS) is 13.2. The smallest absolute Gasteiger partial charge is 0.404 e. The van der Waals surface area contributed by atoms with E-state index in [1.807, 2.05) is 0 Å². The van der Waals surface area contributed by atoms with Crippen molar-refractivity contribution in [2.24, 2.45) is 5.41 Å². The molecule has 0 saturated heterocycles. The molecule has 0 bridgehead atoms. The molecule has 0 amide bonds. The number of benzene rings is 1. The predicted octanol–water partition coefficient (Wildman–Crippen LogP) is 7.96. The summed E-state index contributed by atoms with van der Waals surface area (Å²) in [6.45, 7) is 5.23. The van der Waals surface area contributed by atoms with Crippen LogP contribution in [0.5, 0.6) is 0 Å². The maximum atomic E-state index is 12.9. The molecule has 0 radical (unpaired) electrons. The Kier molecular flexibility index (Phi) is 14.1. The van der Waals surface area contributed by atoms with Gasteiger partial charge in [0, 0.05) is 18.3 Å². The van der Waals surface area contributed by atoms with E-state index in [-0.39, 0.29) is 12.8 Å². The number of aliphatic carboxylic acids is 1. The second-order valence-electron chi connectivity index (χ2n) is 7.94. The Bertz CT molecular complexity index is 617. The highest BCUT2D eigenvalue weighted by Crippen LogP contribution is 2.41. The number of carbonyl (C=O) groups is 1. The standard InChI is InChI=1S/C16H25F2N.C7H11F3O2/c1-2-3-4-5-6-7-8-9-10-19-16-12-14(17)11-15(18)13-16;1-3-4-6(2,5(11)12)7(8,9)10/h11-13,19H,2-10H2,1H3;3-4H2,1-2H3,(H,11,12). The Morgan fingerprint density at radius 2 is 1.35 bits per heavy atom. The summed E-state index contributed by atoms with van der Waals surface area (Å²) in [6.07, 6.45) is 5.22. The fourth-order valence-corrected chi connectivity index (χ4v) is 3.02. The van der Waals surface area contributed by atoms with Gasteiger partial charge in [-0.15, -0.1) is 0 Å². The summed E-state index contributed by atoms with van der Waals surface area (Å²) < 4.78 is 62.3. The molecule has 0 aromatic heterocycles. The molecule has 0 saturated carbocycles. The third-order valence-electron chi connectivity index (χ3n) is 5.07. The molecule has 1 rings (SSSR count). The number of nitrogens with one attached hydrogen (secondary N) is 1. The van der Waals surface area contributed by atoms with Crippen LogP contribution < -0.4 is 5.32 Å². The summed E-state index contributed by atoms with van der Waals surface area (Å²) in [7, 11) is 0. The highest BCUT2D eigenvalue weighted by Gasteiger charge is 2.56. The summed E-state index contributed by atoms with van der Waals surface area (Å²) in [4.78, 5) is 10.3. The number of carboxylic acid groups (broad SMARTS) is 1. The van der Waals surface area contributed by atoms with Crippen LogP contribution >= 0.6 is 0 Å². The summed E-state index contributed by atoms with van der Waals surface area (Å²) in [5, 5.41) is 11.4. The van der Waals surface area contributed by atoms with E-state index in [4.69, 9.17) is 5.11 Å². The zero-order chi connectivity index (χ0) is 23.9. The third-order valence-corrected chi connectivity index (χ3v) is 5.07. The van der Waals surface area contributed by atoms with Gasteiger partial charge in [0.2, 0.25) is 0 Å². The molecule has 1 aromatic rings. The first-order chi connectivity index (χ1) is 14.5. The molecular weight excluding hydrogens is 417 g/mol. The fraction of sp³-hybridized carbons (Fsp3) is 0.696. The van der Waals surface area contributed by atoms with Gasteiger partial charge in [-0.2, -0.15) is 13.2 Å². The molecule has 8 heteroatoms. The third kappa shape index (κ3) is 11.9. The van der Waals surface area contributed by atoms with E-state index in [1.54, 1.807) is 0 Å². The fourth-order valence-electron chi connectivity index (χ4n) is 3.02. The number of carboxylic acids is 1. The summed E-state index contributed by atoms with van der Waals surface area (Å²) in [5.41, 5.74) is -2.07. The quantitative estimate of drug-likeness (QED) is 0.235. The van der Waals surface area contributed by atoms with Crippen LogP contribution in [0.2, 0.25) is 0 Å². The molecule has 0 aliphatic heterocycles. The first-order valence-corrected chi connectivity index (χ1v) is 11.0. The molecule has 0 spiro atoms. The van der Waals surface area contributed by atoms with Crippen molar-refractivity contribution < 1.29 is 31.9 Å². The SMILES string of the molecule is CCCC(C)(C(=O)O)C(F)(F)F.CCCCCCCCCCNc1cc(F)cc(F)c1. The molecule has 180 valence electrons. The maximum absolute atomic E-state index is 12.9. The van der Waals surface area contributed by atoms with Crippen LogP contribution in [0, 0.1) is 17.0 Å². The molecule has 2 N–H and O–H groups in total. The molecule has 1 atom stereocenters. The number of halogens is 5. The van der Waals surface area contributed by atoms with E-state index < -0.39 is 29.2 Å². The van der Waals surface area contributed by atoms with E-state index >= 15 is 0 Å². The number of hydrogen-bond acceptors (Lipinski definition) is 2. The zero-order valence-electron chi connectivity index (χ0n) is 18.8. The van der Waals surface area contributed by atoms with Gasteiger partial charge in [0.15, 0.2) is 5.41 Å².